The van der Waals surface area contributed by atoms with Gasteiger partial charge < -0.3 is 10.2 Å². The maximum Gasteiger partial charge on any atom is 0.129 e. The van der Waals surface area contributed by atoms with E-state index >= 15 is 0 Å². The quantitative estimate of drug-likeness (QED) is 0.867. The number of nitrogens with zero attached hydrogens (tertiary/aromatic N) is 2. The zero-order chi connectivity index (χ0) is 13.0. The summed E-state index contributed by atoms with van der Waals surface area (Å²) in [7, 11) is 0. The predicted molar refractivity (Wildman–Crippen MR) is 76.9 cm³/mol. The Morgan fingerprint density at radius 2 is 2.22 bits per heavy atom. The largest absolute Gasteiger partial charge is 0.351 e. The number of hydrogen-bond donors (Lipinski definition) is 1. The first-order valence-electron chi connectivity index (χ1n) is 7.20. The summed E-state index contributed by atoms with van der Waals surface area (Å²) < 4.78 is 0. The molecule has 1 aliphatic heterocycles. The standard InChI is InChI=1S/C15H25N3/c1-4-14-7-6-12(3)18(14)15-10-13(8-9-17-15)11-16-5-2/h8-10,12,14,16H,4-7,11H2,1-3H3. The van der Waals surface area contributed by atoms with Crippen LogP contribution in [0.25, 0.3) is 0 Å². The van der Waals surface area contributed by atoms with Gasteiger partial charge in [0.1, 0.15) is 5.82 Å². The Hall–Kier alpha value is -1.09. The van der Waals surface area contributed by atoms with Crippen molar-refractivity contribution in [3.63, 3.8) is 0 Å². The van der Waals surface area contributed by atoms with E-state index in [0.29, 0.717) is 12.1 Å². The highest BCUT2D eigenvalue weighted by atomic mass is 15.3. The zero-order valence-corrected chi connectivity index (χ0v) is 11.8. The average Bonchev–Trinajstić information content (AvgIpc) is 2.78. The Kier molecular flexibility index (Phi) is 4.59. The molecular weight excluding hydrogens is 222 g/mol. The summed E-state index contributed by atoms with van der Waals surface area (Å²) in [6.07, 6.45) is 5.75. The molecule has 2 rings (SSSR count). The molecule has 1 N–H and O–H groups in total. The minimum absolute atomic E-state index is 0.622. The van der Waals surface area contributed by atoms with Gasteiger partial charge in [-0.1, -0.05) is 13.8 Å². The molecule has 2 heterocycles. The lowest BCUT2D eigenvalue weighted by molar-refractivity contribution is 0.620. The number of hydrogen-bond acceptors (Lipinski definition) is 3. The van der Waals surface area contributed by atoms with Gasteiger partial charge in [-0.3, -0.25) is 0 Å². The summed E-state index contributed by atoms with van der Waals surface area (Å²) in [6.45, 7) is 8.67. The van der Waals surface area contributed by atoms with E-state index in [4.69, 9.17) is 0 Å². The molecule has 100 valence electrons. The molecule has 1 aliphatic rings. The van der Waals surface area contributed by atoms with Gasteiger partial charge in [0.25, 0.3) is 0 Å². The summed E-state index contributed by atoms with van der Waals surface area (Å²) in [6, 6.07) is 5.64. The van der Waals surface area contributed by atoms with Crippen molar-refractivity contribution < 1.29 is 0 Å². The fourth-order valence-electron chi connectivity index (χ4n) is 2.87. The Morgan fingerprint density at radius 3 is 2.94 bits per heavy atom. The summed E-state index contributed by atoms with van der Waals surface area (Å²) >= 11 is 0. The molecule has 0 aromatic carbocycles. The third-order valence-electron chi connectivity index (χ3n) is 3.91. The van der Waals surface area contributed by atoms with Crippen LogP contribution in [0.4, 0.5) is 5.82 Å². The number of rotatable bonds is 5. The fourth-order valence-corrected chi connectivity index (χ4v) is 2.87. The summed E-state index contributed by atoms with van der Waals surface area (Å²) in [5.41, 5.74) is 1.33. The van der Waals surface area contributed by atoms with Gasteiger partial charge in [0.05, 0.1) is 0 Å². The number of nitrogens with one attached hydrogen (secondary N) is 1. The van der Waals surface area contributed by atoms with Crippen LogP contribution in [0, 0.1) is 0 Å². The first kappa shape index (κ1) is 13.3. The molecule has 18 heavy (non-hydrogen) atoms. The molecule has 1 aromatic rings. The van der Waals surface area contributed by atoms with Crippen LogP contribution in [0.3, 0.4) is 0 Å². The third-order valence-corrected chi connectivity index (χ3v) is 3.91. The molecule has 1 saturated heterocycles. The lowest BCUT2D eigenvalue weighted by Crippen LogP contribution is -2.34. The first-order chi connectivity index (χ1) is 8.76. The molecule has 0 bridgehead atoms. The molecule has 3 heteroatoms. The van der Waals surface area contributed by atoms with E-state index in [9.17, 15) is 0 Å². The van der Waals surface area contributed by atoms with Crippen molar-refractivity contribution in [1.29, 1.82) is 0 Å². The van der Waals surface area contributed by atoms with E-state index in [1.54, 1.807) is 0 Å². The summed E-state index contributed by atoms with van der Waals surface area (Å²) in [5.74, 6) is 1.15. The molecular formula is C15H25N3. The van der Waals surface area contributed by atoms with Crippen molar-refractivity contribution in [2.45, 2.75) is 58.7 Å². The first-order valence-corrected chi connectivity index (χ1v) is 7.20. The Bertz CT molecular complexity index is 378. The van der Waals surface area contributed by atoms with Gasteiger partial charge >= 0.3 is 0 Å². The van der Waals surface area contributed by atoms with Crippen molar-refractivity contribution in [3.8, 4) is 0 Å². The number of aromatic nitrogens is 1. The highest BCUT2D eigenvalue weighted by Crippen LogP contribution is 2.30. The second-order valence-corrected chi connectivity index (χ2v) is 5.20. The van der Waals surface area contributed by atoms with E-state index < -0.39 is 0 Å². The van der Waals surface area contributed by atoms with Gasteiger partial charge in [0.15, 0.2) is 0 Å². The maximum absolute atomic E-state index is 4.58. The van der Waals surface area contributed by atoms with Gasteiger partial charge in [-0.2, -0.15) is 0 Å². The van der Waals surface area contributed by atoms with Gasteiger partial charge in [-0.05, 0) is 50.4 Å². The number of anilines is 1. The molecule has 2 unspecified atom stereocenters. The summed E-state index contributed by atoms with van der Waals surface area (Å²) in [5, 5.41) is 3.37. The van der Waals surface area contributed by atoms with Crippen molar-refractivity contribution in [2.75, 3.05) is 11.4 Å². The minimum Gasteiger partial charge on any atom is -0.351 e. The smallest absolute Gasteiger partial charge is 0.129 e. The van der Waals surface area contributed by atoms with Crippen LogP contribution in [0.1, 0.15) is 45.6 Å². The Balaban J connectivity index is 2.16. The Morgan fingerprint density at radius 1 is 1.39 bits per heavy atom. The highest BCUT2D eigenvalue weighted by Gasteiger charge is 2.30. The van der Waals surface area contributed by atoms with Crippen molar-refractivity contribution >= 4 is 5.82 Å². The van der Waals surface area contributed by atoms with Crippen molar-refractivity contribution in [1.82, 2.24) is 10.3 Å². The molecule has 1 aromatic heterocycles. The van der Waals surface area contributed by atoms with Crippen LogP contribution < -0.4 is 10.2 Å². The molecule has 2 atom stereocenters. The monoisotopic (exact) mass is 247 g/mol. The van der Waals surface area contributed by atoms with Gasteiger partial charge in [-0.15, -0.1) is 0 Å². The maximum atomic E-state index is 4.58. The van der Waals surface area contributed by atoms with E-state index in [1.165, 1.54) is 24.8 Å². The van der Waals surface area contributed by atoms with Crippen LogP contribution >= 0.6 is 0 Å². The third kappa shape index (κ3) is 2.83. The SMILES string of the molecule is CCNCc1ccnc(N2C(C)CCC2CC)c1. The second-order valence-electron chi connectivity index (χ2n) is 5.20. The fraction of sp³-hybridized carbons (Fsp3) is 0.667. The van der Waals surface area contributed by atoms with Crippen molar-refractivity contribution in [2.24, 2.45) is 0 Å². The van der Waals surface area contributed by atoms with E-state index in [2.05, 4.69) is 48.1 Å². The molecule has 1 fully saturated rings. The zero-order valence-electron chi connectivity index (χ0n) is 11.8. The normalized spacial score (nSPS) is 23.6. The van der Waals surface area contributed by atoms with E-state index in [1.807, 2.05) is 6.20 Å². The van der Waals surface area contributed by atoms with Gasteiger partial charge in [0.2, 0.25) is 0 Å². The average molecular weight is 247 g/mol. The van der Waals surface area contributed by atoms with Crippen LogP contribution in [0.15, 0.2) is 18.3 Å². The Labute approximate surface area is 111 Å². The molecule has 0 radical (unpaired) electrons. The highest BCUT2D eigenvalue weighted by molar-refractivity contribution is 5.44. The molecule has 0 aliphatic carbocycles. The van der Waals surface area contributed by atoms with Crippen LogP contribution in [0.5, 0.6) is 0 Å². The number of pyridine rings is 1. The van der Waals surface area contributed by atoms with Gasteiger partial charge in [0, 0.05) is 24.8 Å². The second kappa shape index (κ2) is 6.19. The van der Waals surface area contributed by atoms with Crippen molar-refractivity contribution in [3.05, 3.63) is 23.9 Å². The minimum atomic E-state index is 0.622. The van der Waals surface area contributed by atoms with Crippen LogP contribution in [0.2, 0.25) is 0 Å². The van der Waals surface area contributed by atoms with Crippen LogP contribution in [-0.4, -0.2) is 23.6 Å². The molecule has 3 nitrogen and oxygen atoms in total. The molecule has 0 amide bonds. The predicted octanol–water partition coefficient (Wildman–Crippen LogP) is 2.96. The van der Waals surface area contributed by atoms with E-state index in [0.717, 1.165) is 18.9 Å². The van der Waals surface area contributed by atoms with Crippen LogP contribution in [-0.2, 0) is 6.54 Å². The van der Waals surface area contributed by atoms with Gasteiger partial charge in [-0.25, -0.2) is 4.98 Å². The topological polar surface area (TPSA) is 28.2 Å². The molecule has 0 saturated carbocycles. The summed E-state index contributed by atoms with van der Waals surface area (Å²) in [4.78, 5) is 7.09. The van der Waals surface area contributed by atoms with E-state index in [-0.39, 0.29) is 0 Å². The lowest BCUT2D eigenvalue weighted by Gasteiger charge is -2.29. The molecule has 0 spiro atoms. The lowest BCUT2D eigenvalue weighted by atomic mass is 10.1.